The third-order valence-corrected chi connectivity index (χ3v) is 3.25. The Kier molecular flexibility index (Phi) is 2.91. The van der Waals surface area contributed by atoms with Crippen molar-refractivity contribution in [1.82, 2.24) is 9.88 Å². The Morgan fingerprint density at radius 3 is 2.93 bits per heavy atom. The normalized spacial score (nSPS) is 18.1. The molecule has 0 aliphatic heterocycles. The first-order chi connectivity index (χ1) is 7.16. The lowest BCUT2D eigenvalue weighted by atomic mass is 10.2. The van der Waals surface area contributed by atoms with Crippen LogP contribution in [-0.2, 0) is 6.54 Å². The van der Waals surface area contributed by atoms with Gasteiger partial charge in [0.2, 0.25) is 0 Å². The van der Waals surface area contributed by atoms with Crippen LogP contribution < -0.4 is 5.73 Å². The van der Waals surface area contributed by atoms with Crippen LogP contribution in [-0.4, -0.2) is 23.0 Å². The second-order valence-electron chi connectivity index (χ2n) is 4.57. The number of hydrogen-bond acceptors (Lipinski definition) is 3. The van der Waals surface area contributed by atoms with E-state index in [1.165, 1.54) is 12.8 Å². The van der Waals surface area contributed by atoms with E-state index in [9.17, 15) is 0 Å². The van der Waals surface area contributed by atoms with Crippen LogP contribution in [0.2, 0.25) is 0 Å². The number of nitrogens with two attached hydrogens (primary N) is 1. The zero-order valence-electron chi connectivity index (χ0n) is 9.48. The molecule has 1 saturated carbocycles. The molecule has 2 N–H and O–H groups in total. The molecule has 0 amide bonds. The van der Waals surface area contributed by atoms with Gasteiger partial charge in [0.15, 0.2) is 0 Å². The SMILES string of the molecule is CC(C1CC1)N(C)Cc1cc(N)ccn1. The van der Waals surface area contributed by atoms with E-state index in [-0.39, 0.29) is 0 Å². The molecule has 1 aromatic rings. The zero-order chi connectivity index (χ0) is 10.8. The fraction of sp³-hybridized carbons (Fsp3) is 0.583. The van der Waals surface area contributed by atoms with Crippen molar-refractivity contribution in [2.24, 2.45) is 5.92 Å². The highest BCUT2D eigenvalue weighted by molar-refractivity contribution is 5.37. The van der Waals surface area contributed by atoms with Crippen LogP contribution in [0.3, 0.4) is 0 Å². The third-order valence-electron chi connectivity index (χ3n) is 3.25. The molecule has 1 fully saturated rings. The smallest absolute Gasteiger partial charge is 0.0564 e. The first kappa shape index (κ1) is 10.4. The van der Waals surface area contributed by atoms with Crippen molar-refractivity contribution in [3.05, 3.63) is 24.0 Å². The van der Waals surface area contributed by atoms with Crippen molar-refractivity contribution < 1.29 is 0 Å². The van der Waals surface area contributed by atoms with Crippen LogP contribution in [0.4, 0.5) is 5.69 Å². The molecule has 1 heterocycles. The summed E-state index contributed by atoms with van der Waals surface area (Å²) in [7, 11) is 2.16. The lowest BCUT2D eigenvalue weighted by Gasteiger charge is -2.24. The Labute approximate surface area is 91.3 Å². The summed E-state index contributed by atoms with van der Waals surface area (Å²) in [6.07, 6.45) is 4.55. The lowest BCUT2D eigenvalue weighted by Crippen LogP contribution is -2.30. The predicted octanol–water partition coefficient (Wildman–Crippen LogP) is 1.89. The minimum Gasteiger partial charge on any atom is -0.399 e. The summed E-state index contributed by atoms with van der Waals surface area (Å²) in [6, 6.07) is 4.44. The molecular weight excluding hydrogens is 186 g/mol. The van der Waals surface area contributed by atoms with Crippen LogP contribution in [0, 0.1) is 5.92 Å². The Morgan fingerprint density at radius 1 is 1.60 bits per heavy atom. The van der Waals surface area contributed by atoms with Gasteiger partial charge in [0.1, 0.15) is 0 Å². The van der Waals surface area contributed by atoms with Crippen LogP contribution in [0.15, 0.2) is 18.3 Å². The van der Waals surface area contributed by atoms with Gasteiger partial charge in [0.25, 0.3) is 0 Å². The monoisotopic (exact) mass is 205 g/mol. The number of pyridine rings is 1. The zero-order valence-corrected chi connectivity index (χ0v) is 9.48. The fourth-order valence-electron chi connectivity index (χ4n) is 1.92. The Bertz CT molecular complexity index is 333. The molecule has 1 unspecified atom stereocenters. The second kappa shape index (κ2) is 4.19. The lowest BCUT2D eigenvalue weighted by molar-refractivity contribution is 0.224. The summed E-state index contributed by atoms with van der Waals surface area (Å²) in [6.45, 7) is 3.19. The topological polar surface area (TPSA) is 42.1 Å². The van der Waals surface area contributed by atoms with Gasteiger partial charge in [-0.25, -0.2) is 0 Å². The third kappa shape index (κ3) is 2.69. The molecule has 1 atom stereocenters. The van der Waals surface area contributed by atoms with E-state index in [0.717, 1.165) is 23.8 Å². The average molecular weight is 205 g/mol. The maximum Gasteiger partial charge on any atom is 0.0564 e. The first-order valence-electron chi connectivity index (χ1n) is 5.57. The molecule has 3 nitrogen and oxygen atoms in total. The van der Waals surface area contributed by atoms with Crippen molar-refractivity contribution in [1.29, 1.82) is 0 Å². The van der Waals surface area contributed by atoms with Gasteiger partial charge in [-0.15, -0.1) is 0 Å². The number of anilines is 1. The van der Waals surface area contributed by atoms with Crippen molar-refractivity contribution >= 4 is 5.69 Å². The highest BCUT2D eigenvalue weighted by Crippen LogP contribution is 2.34. The van der Waals surface area contributed by atoms with E-state index >= 15 is 0 Å². The molecule has 0 radical (unpaired) electrons. The highest BCUT2D eigenvalue weighted by atomic mass is 15.1. The molecular formula is C12H19N3. The molecule has 3 heteroatoms. The Morgan fingerprint density at radius 2 is 2.33 bits per heavy atom. The van der Waals surface area contributed by atoms with Crippen molar-refractivity contribution in [2.75, 3.05) is 12.8 Å². The fourth-order valence-corrected chi connectivity index (χ4v) is 1.92. The van der Waals surface area contributed by atoms with Crippen LogP contribution in [0.1, 0.15) is 25.5 Å². The number of rotatable bonds is 4. The van der Waals surface area contributed by atoms with E-state index in [4.69, 9.17) is 5.73 Å². The van der Waals surface area contributed by atoms with Gasteiger partial charge in [0.05, 0.1) is 5.69 Å². The van der Waals surface area contributed by atoms with E-state index in [0.29, 0.717) is 6.04 Å². The van der Waals surface area contributed by atoms with E-state index in [2.05, 4.69) is 23.9 Å². The van der Waals surface area contributed by atoms with E-state index in [1.807, 2.05) is 12.1 Å². The maximum absolute atomic E-state index is 5.72. The van der Waals surface area contributed by atoms with E-state index in [1.54, 1.807) is 6.20 Å². The molecule has 15 heavy (non-hydrogen) atoms. The first-order valence-corrected chi connectivity index (χ1v) is 5.57. The number of hydrogen-bond donors (Lipinski definition) is 1. The minimum atomic E-state index is 0.660. The molecule has 0 aromatic carbocycles. The Hall–Kier alpha value is -1.09. The van der Waals surface area contributed by atoms with Gasteiger partial charge in [-0.1, -0.05) is 0 Å². The van der Waals surface area contributed by atoms with Crippen LogP contribution in [0.5, 0.6) is 0 Å². The average Bonchev–Trinajstić information content (AvgIpc) is 2.99. The second-order valence-corrected chi connectivity index (χ2v) is 4.57. The molecule has 0 bridgehead atoms. The molecule has 0 saturated heterocycles. The predicted molar refractivity (Wildman–Crippen MR) is 62.3 cm³/mol. The van der Waals surface area contributed by atoms with Gasteiger partial charge in [0, 0.05) is 24.5 Å². The van der Waals surface area contributed by atoms with Crippen LogP contribution >= 0.6 is 0 Å². The summed E-state index contributed by atoms with van der Waals surface area (Å²) in [5, 5.41) is 0. The van der Waals surface area contributed by atoms with E-state index < -0.39 is 0 Å². The van der Waals surface area contributed by atoms with Gasteiger partial charge >= 0.3 is 0 Å². The quantitative estimate of drug-likeness (QED) is 0.816. The summed E-state index contributed by atoms with van der Waals surface area (Å²) in [4.78, 5) is 6.68. The highest BCUT2D eigenvalue weighted by Gasteiger charge is 2.30. The minimum absolute atomic E-state index is 0.660. The number of aromatic nitrogens is 1. The summed E-state index contributed by atoms with van der Waals surface area (Å²) >= 11 is 0. The molecule has 82 valence electrons. The largest absolute Gasteiger partial charge is 0.399 e. The van der Waals surface area contributed by atoms with Gasteiger partial charge in [-0.2, -0.15) is 0 Å². The van der Waals surface area contributed by atoms with Gasteiger partial charge in [-0.3, -0.25) is 9.88 Å². The van der Waals surface area contributed by atoms with Gasteiger partial charge < -0.3 is 5.73 Å². The molecule has 1 aliphatic rings. The molecule has 0 spiro atoms. The van der Waals surface area contributed by atoms with Crippen LogP contribution in [0.25, 0.3) is 0 Å². The summed E-state index contributed by atoms with van der Waals surface area (Å²) in [5.74, 6) is 0.899. The standard InChI is InChI=1S/C12H19N3/c1-9(10-3-4-10)15(2)8-12-7-11(13)5-6-14-12/h5-7,9-10H,3-4,8H2,1-2H3,(H2,13,14). The van der Waals surface area contributed by atoms with Crippen molar-refractivity contribution in [3.63, 3.8) is 0 Å². The van der Waals surface area contributed by atoms with Crippen molar-refractivity contribution in [3.8, 4) is 0 Å². The van der Waals surface area contributed by atoms with Crippen molar-refractivity contribution in [2.45, 2.75) is 32.4 Å². The summed E-state index contributed by atoms with van der Waals surface area (Å²) in [5.41, 5.74) is 7.58. The molecule has 1 aliphatic carbocycles. The molecule has 1 aromatic heterocycles. The molecule has 2 rings (SSSR count). The summed E-state index contributed by atoms with van der Waals surface area (Å²) < 4.78 is 0. The van der Waals surface area contributed by atoms with Gasteiger partial charge in [-0.05, 0) is 44.9 Å². The number of nitrogen functional groups attached to an aromatic ring is 1. The maximum atomic E-state index is 5.72. The number of nitrogens with zero attached hydrogens (tertiary/aromatic N) is 2. The Balaban J connectivity index is 1.95.